The zero-order chi connectivity index (χ0) is 32.5. The van der Waals surface area contributed by atoms with E-state index in [2.05, 4.69) is 21.2 Å². The average Bonchev–Trinajstić information content (AvgIpc) is 3.00. The molecule has 3 amide bonds. The third kappa shape index (κ3) is 8.81. The first-order valence-corrected chi connectivity index (χ1v) is 14.7. The molecule has 0 aromatic heterocycles. The molecule has 0 spiro atoms. The molecular formula is C31H29Cl3N4O7. The molecular weight excluding hydrogens is 647 g/mol. The zero-order valence-corrected chi connectivity index (χ0v) is 26.7. The Morgan fingerprint density at radius 3 is 2.38 bits per heavy atom. The van der Waals surface area contributed by atoms with Crippen molar-refractivity contribution in [3.63, 3.8) is 0 Å². The highest BCUT2D eigenvalue weighted by molar-refractivity contribution is 6.37. The van der Waals surface area contributed by atoms with Crippen LogP contribution in [0.15, 0.2) is 71.0 Å². The van der Waals surface area contributed by atoms with Crippen molar-refractivity contribution in [3.8, 4) is 17.2 Å². The SMILES string of the molecule is CCOC(=O)C1=C(C)NC(=O)N[C@H]1c1ccc(OCC(=O)N/N=C\c2cc(Cl)c(OCc3ccc(Cl)cc3)c(Cl)c2)c(OC)c1. The Kier molecular flexibility index (Phi) is 11.5. The van der Waals surface area contributed by atoms with Crippen LogP contribution < -0.4 is 30.3 Å². The highest BCUT2D eigenvalue weighted by atomic mass is 35.5. The van der Waals surface area contributed by atoms with E-state index in [4.69, 9.17) is 53.8 Å². The number of hydrogen-bond donors (Lipinski definition) is 3. The van der Waals surface area contributed by atoms with Crippen LogP contribution in [0.1, 0.15) is 36.6 Å². The van der Waals surface area contributed by atoms with Gasteiger partial charge in [0.1, 0.15) is 6.61 Å². The maximum Gasteiger partial charge on any atom is 0.338 e. The van der Waals surface area contributed by atoms with Crippen molar-refractivity contribution < 1.29 is 33.3 Å². The predicted molar refractivity (Wildman–Crippen MR) is 170 cm³/mol. The summed E-state index contributed by atoms with van der Waals surface area (Å²) < 4.78 is 22.0. The number of hydrogen-bond acceptors (Lipinski definition) is 8. The molecule has 45 heavy (non-hydrogen) atoms. The zero-order valence-electron chi connectivity index (χ0n) is 24.4. The molecule has 3 aromatic rings. The predicted octanol–water partition coefficient (Wildman–Crippen LogP) is 5.95. The molecule has 1 aliphatic rings. The number of carbonyl (C=O) groups excluding carboxylic acids is 3. The van der Waals surface area contributed by atoms with Gasteiger partial charge in [-0.3, -0.25) is 4.79 Å². The van der Waals surface area contributed by atoms with Gasteiger partial charge in [0, 0.05) is 10.7 Å². The number of benzene rings is 3. The van der Waals surface area contributed by atoms with Gasteiger partial charge in [-0.25, -0.2) is 15.0 Å². The molecule has 0 bridgehead atoms. The fourth-order valence-electron chi connectivity index (χ4n) is 4.29. The Labute approximate surface area is 274 Å². The summed E-state index contributed by atoms with van der Waals surface area (Å²) in [5.41, 5.74) is 4.97. The second-order valence-electron chi connectivity index (χ2n) is 9.51. The van der Waals surface area contributed by atoms with Crippen molar-refractivity contribution in [2.75, 3.05) is 20.3 Å². The number of ether oxygens (including phenoxy) is 4. The summed E-state index contributed by atoms with van der Waals surface area (Å²) in [5.74, 6) is -0.265. The molecule has 0 aliphatic carbocycles. The molecule has 1 atom stereocenters. The first-order chi connectivity index (χ1) is 21.6. The first-order valence-electron chi connectivity index (χ1n) is 13.5. The minimum absolute atomic E-state index is 0.174. The van der Waals surface area contributed by atoms with Crippen LogP contribution in [0.5, 0.6) is 17.2 Å². The number of allylic oxidation sites excluding steroid dienone is 1. The first kappa shape index (κ1) is 33.4. The molecule has 0 fully saturated rings. The number of methoxy groups -OCH3 is 1. The number of amides is 3. The number of hydrazone groups is 1. The van der Waals surface area contributed by atoms with Crippen LogP contribution in [-0.2, 0) is 20.9 Å². The van der Waals surface area contributed by atoms with E-state index < -0.39 is 23.9 Å². The summed E-state index contributed by atoms with van der Waals surface area (Å²) in [5, 5.41) is 10.4. The van der Waals surface area contributed by atoms with Crippen LogP contribution in [-0.4, -0.2) is 44.4 Å². The maximum atomic E-state index is 12.6. The number of urea groups is 1. The van der Waals surface area contributed by atoms with Crippen LogP contribution in [0.3, 0.4) is 0 Å². The smallest absolute Gasteiger partial charge is 0.338 e. The quantitative estimate of drug-likeness (QED) is 0.123. The molecule has 4 rings (SSSR count). The van der Waals surface area contributed by atoms with Gasteiger partial charge in [0.25, 0.3) is 5.91 Å². The van der Waals surface area contributed by atoms with E-state index in [-0.39, 0.29) is 46.9 Å². The van der Waals surface area contributed by atoms with Crippen LogP contribution in [0.2, 0.25) is 15.1 Å². The molecule has 1 heterocycles. The average molecular weight is 676 g/mol. The second kappa shape index (κ2) is 15.5. The molecule has 0 saturated carbocycles. The van der Waals surface area contributed by atoms with Gasteiger partial charge in [-0.1, -0.05) is 53.0 Å². The van der Waals surface area contributed by atoms with Crippen molar-refractivity contribution in [1.29, 1.82) is 0 Å². The van der Waals surface area contributed by atoms with E-state index in [0.29, 0.717) is 27.6 Å². The van der Waals surface area contributed by atoms with Crippen molar-refractivity contribution in [3.05, 3.63) is 97.6 Å². The number of esters is 1. The highest BCUT2D eigenvalue weighted by Crippen LogP contribution is 2.36. The third-order valence-corrected chi connectivity index (χ3v) is 7.18. The molecule has 11 nitrogen and oxygen atoms in total. The van der Waals surface area contributed by atoms with E-state index in [1.54, 1.807) is 56.3 Å². The number of nitrogens with one attached hydrogen (secondary N) is 3. The number of nitrogens with zero attached hydrogens (tertiary/aromatic N) is 1. The highest BCUT2D eigenvalue weighted by Gasteiger charge is 2.32. The molecule has 236 valence electrons. The Hall–Kier alpha value is -4.45. The van der Waals surface area contributed by atoms with Gasteiger partial charge in [-0.05, 0) is 66.9 Å². The molecule has 14 heteroatoms. The summed E-state index contributed by atoms with van der Waals surface area (Å²) in [6, 6.07) is 13.9. The number of halogens is 3. The van der Waals surface area contributed by atoms with Crippen molar-refractivity contribution in [2.24, 2.45) is 5.10 Å². The summed E-state index contributed by atoms with van der Waals surface area (Å²) >= 11 is 18.6. The van der Waals surface area contributed by atoms with Gasteiger partial charge in [0.2, 0.25) is 0 Å². The lowest BCUT2D eigenvalue weighted by atomic mass is 9.95. The van der Waals surface area contributed by atoms with Gasteiger partial charge in [-0.2, -0.15) is 5.10 Å². The Balaban J connectivity index is 1.35. The summed E-state index contributed by atoms with van der Waals surface area (Å²) in [6.07, 6.45) is 1.37. The Morgan fingerprint density at radius 1 is 1.00 bits per heavy atom. The van der Waals surface area contributed by atoms with E-state index >= 15 is 0 Å². The minimum Gasteiger partial charge on any atom is -0.493 e. The molecule has 0 saturated heterocycles. The van der Waals surface area contributed by atoms with Crippen LogP contribution >= 0.6 is 34.8 Å². The van der Waals surface area contributed by atoms with Gasteiger partial charge >= 0.3 is 12.0 Å². The molecule has 0 radical (unpaired) electrons. The van der Waals surface area contributed by atoms with Crippen LogP contribution in [0.25, 0.3) is 0 Å². The lowest BCUT2D eigenvalue weighted by Gasteiger charge is -2.28. The maximum absolute atomic E-state index is 12.6. The van der Waals surface area contributed by atoms with E-state index in [9.17, 15) is 14.4 Å². The van der Waals surface area contributed by atoms with E-state index in [0.717, 1.165) is 5.56 Å². The lowest BCUT2D eigenvalue weighted by Crippen LogP contribution is -2.45. The molecule has 3 aromatic carbocycles. The standard InChI is InChI=1S/C31H29Cl3N4O7/c1-4-43-30(40)27-17(2)36-31(41)37-28(27)20-7-10-24(25(13-20)42-3)44-16-26(39)38-35-14-19-11-22(33)29(23(34)12-19)45-15-18-5-8-21(32)9-6-18/h5-14,28H,4,15-16H2,1-3H3,(H,38,39)(H2,36,37,41)/b35-14-/t28-/m0/s1. The van der Waals surface area contributed by atoms with Crippen molar-refractivity contribution in [2.45, 2.75) is 26.5 Å². The molecule has 0 unspecified atom stereocenters. The van der Waals surface area contributed by atoms with Gasteiger partial charge in [0.05, 0.1) is 41.6 Å². The Morgan fingerprint density at radius 2 is 1.71 bits per heavy atom. The minimum atomic E-state index is -0.787. The molecule has 1 aliphatic heterocycles. The van der Waals surface area contributed by atoms with E-state index in [1.807, 2.05) is 12.1 Å². The summed E-state index contributed by atoms with van der Waals surface area (Å²) in [4.78, 5) is 37.2. The second-order valence-corrected chi connectivity index (χ2v) is 10.8. The topological polar surface area (TPSA) is 137 Å². The van der Waals surface area contributed by atoms with Gasteiger partial charge in [0.15, 0.2) is 23.9 Å². The fourth-order valence-corrected chi connectivity index (χ4v) is 5.03. The van der Waals surface area contributed by atoms with Crippen molar-refractivity contribution in [1.82, 2.24) is 16.1 Å². The van der Waals surface area contributed by atoms with Gasteiger partial charge in [-0.15, -0.1) is 0 Å². The monoisotopic (exact) mass is 674 g/mol. The van der Waals surface area contributed by atoms with Crippen LogP contribution in [0, 0.1) is 0 Å². The Bertz CT molecular complexity index is 1620. The third-order valence-electron chi connectivity index (χ3n) is 6.36. The molecule has 3 N–H and O–H groups in total. The summed E-state index contributed by atoms with van der Waals surface area (Å²) in [6.45, 7) is 3.34. The normalized spacial score (nSPS) is 14.4. The number of rotatable bonds is 12. The lowest BCUT2D eigenvalue weighted by molar-refractivity contribution is -0.139. The number of carbonyl (C=O) groups is 3. The van der Waals surface area contributed by atoms with Crippen LogP contribution in [0.4, 0.5) is 4.79 Å². The fraction of sp³-hybridized carbons (Fsp3) is 0.226. The largest absolute Gasteiger partial charge is 0.493 e. The van der Waals surface area contributed by atoms with Crippen molar-refractivity contribution >= 4 is 58.9 Å². The van der Waals surface area contributed by atoms with Gasteiger partial charge < -0.3 is 29.6 Å². The van der Waals surface area contributed by atoms with E-state index in [1.165, 1.54) is 13.3 Å². The summed E-state index contributed by atoms with van der Waals surface area (Å²) in [7, 11) is 1.43.